The van der Waals surface area contributed by atoms with Gasteiger partial charge in [0.1, 0.15) is 5.60 Å². The van der Waals surface area contributed by atoms with Crippen LogP contribution >= 0.6 is 0 Å². The topological polar surface area (TPSA) is 50.1 Å². The molecule has 0 atom stereocenters. The molecule has 5 rings (SSSR count). The number of pyridine rings is 1. The van der Waals surface area contributed by atoms with Gasteiger partial charge in [-0.1, -0.05) is 0 Å². The Morgan fingerprint density at radius 3 is 2.45 bits per heavy atom. The van der Waals surface area contributed by atoms with Crippen molar-refractivity contribution in [3.05, 3.63) is 30.1 Å². The Hall–Kier alpha value is -2.38. The second kappa shape index (κ2) is 6.81. The molecular formula is C23H30F2N4O2. The van der Waals surface area contributed by atoms with Crippen LogP contribution < -0.4 is 4.90 Å². The van der Waals surface area contributed by atoms with Crippen LogP contribution in [-0.4, -0.2) is 58.3 Å². The third kappa shape index (κ3) is 3.85. The zero-order valence-corrected chi connectivity index (χ0v) is 18.4. The number of amides is 1. The van der Waals surface area contributed by atoms with E-state index in [4.69, 9.17) is 4.74 Å². The highest BCUT2D eigenvalue weighted by Gasteiger charge is 2.61. The summed E-state index contributed by atoms with van der Waals surface area (Å²) in [7, 11) is 0. The summed E-state index contributed by atoms with van der Waals surface area (Å²) in [5.74, 6) is -2.11. The molecule has 0 bridgehead atoms. The molecule has 6 nitrogen and oxygen atoms in total. The number of nitrogens with zero attached hydrogens (tertiary/aromatic N) is 4. The molecular weight excluding hydrogens is 402 g/mol. The van der Waals surface area contributed by atoms with Crippen LogP contribution in [0.1, 0.15) is 57.9 Å². The summed E-state index contributed by atoms with van der Waals surface area (Å²) >= 11 is 0. The van der Waals surface area contributed by atoms with E-state index >= 15 is 0 Å². The maximum Gasteiger partial charge on any atom is 0.410 e. The SMILES string of the molecule is CC(C)(C)OC(=O)N1CCC(c2cnn3cc(N4CC5(C4)CC(F)(F)C5)ccc23)CC1. The lowest BCUT2D eigenvalue weighted by Crippen LogP contribution is -2.66. The van der Waals surface area contributed by atoms with E-state index in [-0.39, 0.29) is 24.3 Å². The number of hydrogen-bond donors (Lipinski definition) is 0. The molecule has 0 N–H and O–H groups in total. The number of carbonyl (C=O) groups is 1. The van der Waals surface area contributed by atoms with Gasteiger partial charge >= 0.3 is 6.09 Å². The summed E-state index contributed by atoms with van der Waals surface area (Å²) in [4.78, 5) is 16.3. The van der Waals surface area contributed by atoms with Crippen LogP contribution in [0, 0.1) is 5.41 Å². The van der Waals surface area contributed by atoms with Crippen molar-refractivity contribution in [2.24, 2.45) is 5.41 Å². The molecule has 168 valence electrons. The number of anilines is 1. The van der Waals surface area contributed by atoms with Gasteiger partial charge in [0.2, 0.25) is 5.92 Å². The van der Waals surface area contributed by atoms with Crippen LogP contribution in [0.4, 0.5) is 19.3 Å². The Bertz CT molecular complexity index is 989. The van der Waals surface area contributed by atoms with Gasteiger partial charge in [-0.25, -0.2) is 18.1 Å². The van der Waals surface area contributed by atoms with Crippen molar-refractivity contribution >= 4 is 17.3 Å². The fourth-order valence-electron chi connectivity index (χ4n) is 5.41. The highest BCUT2D eigenvalue weighted by molar-refractivity contribution is 5.68. The lowest BCUT2D eigenvalue weighted by atomic mass is 9.61. The van der Waals surface area contributed by atoms with Crippen LogP contribution in [0.25, 0.3) is 5.52 Å². The number of aromatic nitrogens is 2. The number of carbonyl (C=O) groups excluding carboxylic acids is 1. The summed E-state index contributed by atoms with van der Waals surface area (Å²) in [5, 5.41) is 4.56. The zero-order valence-electron chi connectivity index (χ0n) is 18.4. The number of alkyl halides is 2. The average Bonchev–Trinajstić information content (AvgIpc) is 3.05. The summed E-state index contributed by atoms with van der Waals surface area (Å²) in [5.41, 5.74) is 2.64. The molecule has 8 heteroatoms. The van der Waals surface area contributed by atoms with Gasteiger partial charge in [-0.05, 0) is 51.7 Å². The summed E-state index contributed by atoms with van der Waals surface area (Å²) in [6.45, 7) is 8.40. The number of piperidine rings is 1. The first-order valence-electron chi connectivity index (χ1n) is 11.1. The Labute approximate surface area is 181 Å². The van der Waals surface area contributed by atoms with Gasteiger partial charge in [0.25, 0.3) is 0 Å². The lowest BCUT2D eigenvalue weighted by Gasteiger charge is -2.59. The molecule has 2 aromatic rings. The summed E-state index contributed by atoms with van der Waals surface area (Å²) in [6, 6.07) is 4.15. The quantitative estimate of drug-likeness (QED) is 0.691. The molecule has 0 aromatic carbocycles. The molecule has 1 saturated carbocycles. The second-order valence-corrected chi connectivity index (χ2v) is 10.6. The Kier molecular flexibility index (Phi) is 4.51. The first-order chi connectivity index (χ1) is 14.5. The van der Waals surface area contributed by atoms with Gasteiger partial charge in [-0.3, -0.25) is 0 Å². The maximum atomic E-state index is 13.3. The van der Waals surface area contributed by atoms with Crippen molar-refractivity contribution in [2.45, 2.75) is 63.9 Å². The van der Waals surface area contributed by atoms with Crippen LogP contribution in [-0.2, 0) is 4.74 Å². The van der Waals surface area contributed by atoms with Crippen LogP contribution in [0.5, 0.6) is 0 Å². The Balaban J connectivity index is 1.22. The maximum absolute atomic E-state index is 13.3. The van der Waals surface area contributed by atoms with E-state index in [1.165, 1.54) is 5.56 Å². The van der Waals surface area contributed by atoms with Crippen LogP contribution in [0.15, 0.2) is 24.5 Å². The molecule has 3 aliphatic rings. The fraction of sp³-hybridized carbons (Fsp3) is 0.652. The third-order valence-corrected chi connectivity index (χ3v) is 6.80. The van der Waals surface area contributed by atoms with Crippen molar-refractivity contribution in [3.8, 4) is 0 Å². The second-order valence-electron chi connectivity index (χ2n) is 10.6. The molecule has 3 fully saturated rings. The lowest BCUT2D eigenvalue weighted by molar-refractivity contribution is -0.170. The number of hydrogen-bond acceptors (Lipinski definition) is 4. The van der Waals surface area contributed by atoms with Gasteiger partial charge in [-0.15, -0.1) is 0 Å². The average molecular weight is 433 g/mol. The normalized spacial score (nSPS) is 23.0. The number of rotatable bonds is 2. The van der Waals surface area contributed by atoms with E-state index < -0.39 is 11.5 Å². The van der Waals surface area contributed by atoms with E-state index in [1.54, 1.807) is 4.90 Å². The van der Waals surface area contributed by atoms with Gasteiger partial charge in [0.15, 0.2) is 0 Å². The highest BCUT2D eigenvalue weighted by atomic mass is 19.3. The molecule has 31 heavy (non-hydrogen) atoms. The minimum absolute atomic E-state index is 0.0205. The molecule has 1 spiro atoms. The molecule has 2 aromatic heterocycles. The van der Waals surface area contributed by atoms with Gasteiger partial charge in [0, 0.05) is 50.0 Å². The van der Waals surface area contributed by atoms with Crippen molar-refractivity contribution in [1.82, 2.24) is 14.5 Å². The smallest absolute Gasteiger partial charge is 0.410 e. The van der Waals surface area contributed by atoms with Gasteiger partial charge in [0.05, 0.1) is 23.6 Å². The number of halogens is 2. The van der Waals surface area contributed by atoms with E-state index in [9.17, 15) is 13.6 Å². The van der Waals surface area contributed by atoms with Crippen LogP contribution in [0.2, 0.25) is 0 Å². The summed E-state index contributed by atoms with van der Waals surface area (Å²) in [6.07, 6.45) is 5.48. The molecule has 2 aliphatic heterocycles. The van der Waals surface area contributed by atoms with Crippen molar-refractivity contribution < 1.29 is 18.3 Å². The first kappa shape index (κ1) is 20.5. The van der Waals surface area contributed by atoms with E-state index in [0.29, 0.717) is 32.1 Å². The summed E-state index contributed by atoms with van der Waals surface area (Å²) < 4.78 is 33.9. The van der Waals surface area contributed by atoms with Crippen molar-refractivity contribution in [3.63, 3.8) is 0 Å². The standard InChI is InChI=1S/C23H30F2N4O2/c1-21(2,3)31-20(30)27-8-6-16(7-9-27)18-10-26-29-11-17(4-5-19(18)29)28-14-22(15-28)12-23(24,25)13-22/h4-5,10-11,16H,6-9,12-15H2,1-3H3. The molecule has 1 aliphatic carbocycles. The number of ether oxygens (including phenoxy) is 1. The molecule has 0 radical (unpaired) electrons. The molecule has 4 heterocycles. The first-order valence-corrected chi connectivity index (χ1v) is 11.1. The monoisotopic (exact) mass is 432 g/mol. The Morgan fingerprint density at radius 1 is 1.16 bits per heavy atom. The van der Waals surface area contributed by atoms with Crippen LogP contribution in [0.3, 0.4) is 0 Å². The molecule has 1 amide bonds. The van der Waals surface area contributed by atoms with E-state index in [2.05, 4.69) is 22.1 Å². The van der Waals surface area contributed by atoms with Gasteiger partial charge in [-0.2, -0.15) is 5.10 Å². The fourth-order valence-corrected chi connectivity index (χ4v) is 5.41. The molecule has 0 unspecified atom stereocenters. The zero-order chi connectivity index (χ0) is 22.0. The van der Waals surface area contributed by atoms with E-state index in [1.807, 2.05) is 37.7 Å². The minimum Gasteiger partial charge on any atom is -0.444 e. The largest absolute Gasteiger partial charge is 0.444 e. The number of likely N-dealkylation sites (tertiary alicyclic amines) is 1. The molecule has 2 saturated heterocycles. The van der Waals surface area contributed by atoms with E-state index in [0.717, 1.165) is 24.0 Å². The van der Waals surface area contributed by atoms with Gasteiger partial charge < -0.3 is 14.5 Å². The van der Waals surface area contributed by atoms with Crippen molar-refractivity contribution in [2.75, 3.05) is 31.1 Å². The third-order valence-electron chi connectivity index (χ3n) is 6.80. The minimum atomic E-state index is -2.47. The van der Waals surface area contributed by atoms with Crippen molar-refractivity contribution in [1.29, 1.82) is 0 Å². The number of fused-ring (bicyclic) bond motifs is 1. The predicted molar refractivity (Wildman–Crippen MR) is 114 cm³/mol. The highest BCUT2D eigenvalue weighted by Crippen LogP contribution is 2.57. The Morgan fingerprint density at radius 2 is 1.84 bits per heavy atom. The predicted octanol–water partition coefficient (Wildman–Crippen LogP) is 4.68.